The van der Waals surface area contributed by atoms with Gasteiger partial charge in [-0.15, -0.1) is 0 Å². The first-order valence-electron chi connectivity index (χ1n) is 6.97. The Morgan fingerprint density at radius 2 is 1.71 bits per heavy atom. The summed E-state index contributed by atoms with van der Waals surface area (Å²) < 4.78 is 24.0. The standard InChI is InChI=1S/C17H20FNO2/c1-3-19-11-14-6-9-16(20-2)17(10-14)21-12-13-4-7-15(18)8-5-13/h4-10,19H,3,11-12H2,1-2H3. The molecule has 0 amide bonds. The molecule has 0 aliphatic heterocycles. The minimum Gasteiger partial charge on any atom is -0.493 e. The lowest BCUT2D eigenvalue weighted by molar-refractivity contribution is 0.284. The molecule has 0 aliphatic carbocycles. The van der Waals surface area contributed by atoms with E-state index in [0.29, 0.717) is 18.1 Å². The molecule has 0 saturated heterocycles. The molecule has 4 heteroatoms. The van der Waals surface area contributed by atoms with Crippen LogP contribution in [0, 0.1) is 5.82 Å². The zero-order valence-electron chi connectivity index (χ0n) is 12.4. The summed E-state index contributed by atoms with van der Waals surface area (Å²) in [7, 11) is 1.62. The molecule has 0 heterocycles. The van der Waals surface area contributed by atoms with E-state index in [2.05, 4.69) is 12.2 Å². The average Bonchev–Trinajstić information content (AvgIpc) is 2.52. The number of ether oxygens (including phenoxy) is 2. The van der Waals surface area contributed by atoms with Crippen molar-refractivity contribution in [2.24, 2.45) is 0 Å². The highest BCUT2D eigenvalue weighted by atomic mass is 19.1. The summed E-state index contributed by atoms with van der Waals surface area (Å²) in [6, 6.07) is 12.1. The van der Waals surface area contributed by atoms with Gasteiger partial charge in [0.25, 0.3) is 0 Å². The molecule has 0 bridgehead atoms. The third-order valence-electron chi connectivity index (χ3n) is 3.11. The second-order valence-electron chi connectivity index (χ2n) is 4.68. The third kappa shape index (κ3) is 4.46. The summed E-state index contributed by atoms with van der Waals surface area (Å²) in [5, 5.41) is 3.27. The van der Waals surface area contributed by atoms with Gasteiger partial charge in [0, 0.05) is 6.54 Å². The van der Waals surface area contributed by atoms with Crippen LogP contribution in [-0.2, 0) is 13.2 Å². The second kappa shape index (κ2) is 7.64. The molecule has 0 atom stereocenters. The lowest BCUT2D eigenvalue weighted by Crippen LogP contribution is -2.11. The van der Waals surface area contributed by atoms with E-state index in [1.165, 1.54) is 12.1 Å². The molecule has 0 fully saturated rings. The van der Waals surface area contributed by atoms with Gasteiger partial charge in [-0.05, 0) is 41.9 Å². The number of hydrogen-bond acceptors (Lipinski definition) is 3. The molecule has 1 N–H and O–H groups in total. The van der Waals surface area contributed by atoms with Gasteiger partial charge >= 0.3 is 0 Å². The number of rotatable bonds is 7. The van der Waals surface area contributed by atoms with Crippen LogP contribution in [0.2, 0.25) is 0 Å². The van der Waals surface area contributed by atoms with E-state index in [0.717, 1.165) is 24.2 Å². The highest BCUT2D eigenvalue weighted by molar-refractivity contribution is 5.43. The SMILES string of the molecule is CCNCc1ccc(OC)c(OCc2ccc(F)cc2)c1. The number of benzene rings is 2. The van der Waals surface area contributed by atoms with Gasteiger partial charge in [-0.25, -0.2) is 4.39 Å². The molecule has 2 rings (SSSR count). The lowest BCUT2D eigenvalue weighted by atomic mass is 10.2. The van der Waals surface area contributed by atoms with Crippen LogP contribution in [0.3, 0.4) is 0 Å². The molecule has 0 spiro atoms. The van der Waals surface area contributed by atoms with Crippen LogP contribution in [0.15, 0.2) is 42.5 Å². The van der Waals surface area contributed by atoms with E-state index in [9.17, 15) is 4.39 Å². The van der Waals surface area contributed by atoms with Gasteiger partial charge in [0.15, 0.2) is 11.5 Å². The minimum atomic E-state index is -0.246. The molecule has 2 aromatic rings. The van der Waals surface area contributed by atoms with Gasteiger partial charge in [0.1, 0.15) is 12.4 Å². The topological polar surface area (TPSA) is 30.5 Å². The molecule has 112 valence electrons. The van der Waals surface area contributed by atoms with Crippen molar-refractivity contribution in [1.82, 2.24) is 5.32 Å². The predicted octanol–water partition coefficient (Wildman–Crippen LogP) is 3.52. The number of methoxy groups -OCH3 is 1. The minimum absolute atomic E-state index is 0.246. The summed E-state index contributed by atoms with van der Waals surface area (Å²) in [4.78, 5) is 0. The normalized spacial score (nSPS) is 10.4. The van der Waals surface area contributed by atoms with Crippen LogP contribution in [0.25, 0.3) is 0 Å². The summed E-state index contributed by atoms with van der Waals surface area (Å²) in [6.07, 6.45) is 0. The Kier molecular flexibility index (Phi) is 5.58. The Morgan fingerprint density at radius 1 is 1.00 bits per heavy atom. The highest BCUT2D eigenvalue weighted by Gasteiger charge is 2.06. The fraction of sp³-hybridized carbons (Fsp3) is 0.294. The molecule has 0 radical (unpaired) electrons. The summed E-state index contributed by atoms with van der Waals surface area (Å²) in [5.41, 5.74) is 2.04. The van der Waals surface area contributed by atoms with Crippen LogP contribution in [0.4, 0.5) is 4.39 Å². The quantitative estimate of drug-likeness (QED) is 0.846. The van der Waals surface area contributed by atoms with E-state index >= 15 is 0 Å². The first-order valence-corrected chi connectivity index (χ1v) is 6.97. The molecular weight excluding hydrogens is 269 g/mol. The van der Waals surface area contributed by atoms with Crippen LogP contribution in [0.5, 0.6) is 11.5 Å². The van der Waals surface area contributed by atoms with Crippen molar-refractivity contribution in [3.63, 3.8) is 0 Å². The predicted molar refractivity (Wildman–Crippen MR) is 81.1 cm³/mol. The zero-order chi connectivity index (χ0) is 15.1. The Bertz CT molecular complexity index is 570. The van der Waals surface area contributed by atoms with E-state index in [1.807, 2.05) is 18.2 Å². The summed E-state index contributed by atoms with van der Waals surface area (Å²) in [5.74, 6) is 1.14. The van der Waals surface area contributed by atoms with Crippen molar-refractivity contribution >= 4 is 0 Å². The van der Waals surface area contributed by atoms with E-state index < -0.39 is 0 Å². The number of halogens is 1. The van der Waals surface area contributed by atoms with E-state index in [1.54, 1.807) is 19.2 Å². The van der Waals surface area contributed by atoms with Gasteiger partial charge < -0.3 is 14.8 Å². The molecule has 3 nitrogen and oxygen atoms in total. The number of nitrogens with one attached hydrogen (secondary N) is 1. The monoisotopic (exact) mass is 289 g/mol. The molecule has 0 saturated carbocycles. The van der Waals surface area contributed by atoms with Crippen LogP contribution in [0.1, 0.15) is 18.1 Å². The van der Waals surface area contributed by atoms with Gasteiger partial charge in [-0.1, -0.05) is 25.1 Å². The first kappa shape index (κ1) is 15.3. The Morgan fingerprint density at radius 3 is 2.38 bits per heavy atom. The Balaban J connectivity index is 2.07. The Labute approximate surface area is 124 Å². The second-order valence-corrected chi connectivity index (χ2v) is 4.68. The van der Waals surface area contributed by atoms with Gasteiger partial charge in [0.05, 0.1) is 7.11 Å². The Hall–Kier alpha value is -2.07. The van der Waals surface area contributed by atoms with Crippen LogP contribution in [-0.4, -0.2) is 13.7 Å². The fourth-order valence-electron chi connectivity index (χ4n) is 1.95. The molecule has 0 aromatic heterocycles. The van der Waals surface area contributed by atoms with Crippen LogP contribution >= 0.6 is 0 Å². The van der Waals surface area contributed by atoms with E-state index in [4.69, 9.17) is 9.47 Å². The molecule has 0 unspecified atom stereocenters. The zero-order valence-corrected chi connectivity index (χ0v) is 12.4. The maximum atomic E-state index is 12.9. The largest absolute Gasteiger partial charge is 0.493 e. The summed E-state index contributed by atoms with van der Waals surface area (Å²) >= 11 is 0. The van der Waals surface area contributed by atoms with Gasteiger partial charge in [-0.2, -0.15) is 0 Å². The maximum Gasteiger partial charge on any atom is 0.161 e. The van der Waals surface area contributed by atoms with Crippen molar-refractivity contribution in [2.45, 2.75) is 20.1 Å². The van der Waals surface area contributed by atoms with E-state index in [-0.39, 0.29) is 5.82 Å². The van der Waals surface area contributed by atoms with Crippen molar-refractivity contribution in [3.8, 4) is 11.5 Å². The van der Waals surface area contributed by atoms with Crippen molar-refractivity contribution < 1.29 is 13.9 Å². The van der Waals surface area contributed by atoms with Crippen molar-refractivity contribution in [2.75, 3.05) is 13.7 Å². The highest BCUT2D eigenvalue weighted by Crippen LogP contribution is 2.28. The maximum absolute atomic E-state index is 12.9. The summed E-state index contributed by atoms with van der Waals surface area (Å²) in [6.45, 7) is 4.14. The van der Waals surface area contributed by atoms with Gasteiger partial charge in [0.2, 0.25) is 0 Å². The molecular formula is C17H20FNO2. The third-order valence-corrected chi connectivity index (χ3v) is 3.11. The molecule has 0 aliphatic rings. The molecule has 2 aromatic carbocycles. The first-order chi connectivity index (χ1) is 10.2. The number of hydrogen-bond donors (Lipinski definition) is 1. The molecule has 21 heavy (non-hydrogen) atoms. The lowest BCUT2D eigenvalue weighted by Gasteiger charge is -2.12. The van der Waals surface area contributed by atoms with Crippen molar-refractivity contribution in [1.29, 1.82) is 0 Å². The smallest absolute Gasteiger partial charge is 0.161 e. The average molecular weight is 289 g/mol. The fourth-order valence-corrected chi connectivity index (χ4v) is 1.95. The van der Waals surface area contributed by atoms with Gasteiger partial charge in [-0.3, -0.25) is 0 Å². The van der Waals surface area contributed by atoms with Crippen molar-refractivity contribution in [3.05, 3.63) is 59.4 Å². The van der Waals surface area contributed by atoms with Crippen LogP contribution < -0.4 is 14.8 Å².